The number of nitro benzene ring substituents is 1. The molecule has 1 aliphatic rings. The van der Waals surface area contributed by atoms with Gasteiger partial charge >= 0.3 is 11.9 Å². The van der Waals surface area contributed by atoms with Crippen molar-refractivity contribution in [1.29, 1.82) is 0 Å². The van der Waals surface area contributed by atoms with Gasteiger partial charge in [0.25, 0.3) is 10.8 Å². The van der Waals surface area contributed by atoms with Crippen molar-refractivity contribution >= 4 is 29.4 Å². The van der Waals surface area contributed by atoms with Gasteiger partial charge in [-0.15, -0.1) is 0 Å². The molecule has 1 aromatic heterocycles. The molecule has 0 aliphatic carbocycles. The number of imidazole rings is 1. The highest BCUT2D eigenvalue weighted by Gasteiger charge is 2.40. The molecule has 1 saturated heterocycles. The Balaban J connectivity index is 2.03. The zero-order chi connectivity index (χ0) is 23.6. The molecule has 3 rings (SSSR count). The highest BCUT2D eigenvalue weighted by Crippen LogP contribution is 2.39. The van der Waals surface area contributed by atoms with Crippen molar-refractivity contribution in [3.8, 4) is 0 Å². The number of amides is 1. The highest BCUT2D eigenvalue weighted by atomic mass is 32.2. The van der Waals surface area contributed by atoms with Gasteiger partial charge < -0.3 is 25.2 Å². The number of aromatic nitrogens is 2. The number of piperazine rings is 1. The molecule has 1 fully saturated rings. The number of aliphatic hydroxyl groups is 1. The Hall–Kier alpha value is -3.23. The molecule has 1 aliphatic heterocycles. The van der Waals surface area contributed by atoms with E-state index in [0.717, 1.165) is 11.8 Å². The molecule has 2 aromatic rings. The number of nitrogens with zero attached hydrogens (tertiary/aromatic N) is 6. The summed E-state index contributed by atoms with van der Waals surface area (Å²) in [7, 11) is 0. The minimum Gasteiger partial charge on any atom is -0.465 e. The molecule has 0 saturated carbocycles. The largest absolute Gasteiger partial charge is 0.465 e. The lowest BCUT2D eigenvalue weighted by atomic mass is 10.0. The van der Waals surface area contributed by atoms with Crippen molar-refractivity contribution in [3.05, 3.63) is 50.7 Å². The van der Waals surface area contributed by atoms with E-state index in [0.29, 0.717) is 0 Å². The van der Waals surface area contributed by atoms with Crippen LogP contribution in [0.1, 0.15) is 20.0 Å². The van der Waals surface area contributed by atoms with Crippen LogP contribution >= 0.6 is 11.8 Å². The fourth-order valence-electron chi connectivity index (χ4n) is 3.62. The Bertz CT molecular complexity index is 1030. The van der Waals surface area contributed by atoms with E-state index < -0.39 is 33.5 Å². The zero-order valence-electron chi connectivity index (χ0n) is 17.3. The van der Waals surface area contributed by atoms with Crippen LogP contribution in [-0.4, -0.2) is 77.3 Å². The maximum Gasteiger partial charge on any atom is 0.407 e. The predicted molar refractivity (Wildman–Crippen MR) is 113 cm³/mol. The van der Waals surface area contributed by atoms with E-state index in [1.165, 1.54) is 47.7 Å². The van der Waals surface area contributed by atoms with Gasteiger partial charge in [-0.3, -0.25) is 19.6 Å². The van der Waals surface area contributed by atoms with Gasteiger partial charge in [0.1, 0.15) is 12.4 Å². The molecule has 1 aromatic carbocycles. The summed E-state index contributed by atoms with van der Waals surface area (Å²) in [6.45, 7) is 4.03. The van der Waals surface area contributed by atoms with Crippen molar-refractivity contribution in [2.45, 2.75) is 35.7 Å². The first-order valence-electron chi connectivity index (χ1n) is 9.58. The van der Waals surface area contributed by atoms with Crippen LogP contribution in [0.15, 0.2) is 40.5 Å². The zero-order valence-corrected chi connectivity index (χ0v) is 18.1. The third-order valence-electron chi connectivity index (χ3n) is 4.96. The maximum absolute atomic E-state index is 11.4. The maximum atomic E-state index is 11.4. The Morgan fingerprint density at radius 3 is 2.31 bits per heavy atom. The van der Waals surface area contributed by atoms with Crippen LogP contribution in [0.4, 0.5) is 16.3 Å². The average Bonchev–Trinajstić information content (AvgIpc) is 3.11. The van der Waals surface area contributed by atoms with E-state index in [1.54, 1.807) is 6.07 Å². The van der Waals surface area contributed by atoms with Crippen LogP contribution in [0, 0.1) is 20.2 Å². The molecule has 13 nitrogen and oxygen atoms in total. The van der Waals surface area contributed by atoms with E-state index >= 15 is 0 Å². The molecular formula is C18H22N6O7S. The molecule has 14 heteroatoms. The minimum atomic E-state index is -1.40. The van der Waals surface area contributed by atoms with Gasteiger partial charge in [-0.1, -0.05) is 12.1 Å². The molecule has 1 amide bonds. The van der Waals surface area contributed by atoms with Gasteiger partial charge in [0.15, 0.2) is 0 Å². The second kappa shape index (κ2) is 9.10. The number of hydrogen-bond acceptors (Lipinski definition) is 9. The van der Waals surface area contributed by atoms with E-state index in [1.807, 2.05) is 4.90 Å². The molecule has 2 N–H and O–H groups in total. The van der Waals surface area contributed by atoms with Crippen molar-refractivity contribution in [2.24, 2.45) is 0 Å². The molecule has 0 spiro atoms. The van der Waals surface area contributed by atoms with Gasteiger partial charge in [0.05, 0.1) is 15.4 Å². The molecule has 172 valence electrons. The van der Waals surface area contributed by atoms with E-state index in [-0.39, 0.29) is 41.9 Å². The minimum absolute atomic E-state index is 0.0961. The molecular weight excluding hydrogens is 444 g/mol. The molecule has 32 heavy (non-hydrogen) atoms. The van der Waals surface area contributed by atoms with E-state index in [4.69, 9.17) is 0 Å². The molecule has 0 radical (unpaired) electrons. The van der Waals surface area contributed by atoms with Crippen LogP contribution < -0.4 is 0 Å². The van der Waals surface area contributed by atoms with Crippen molar-refractivity contribution in [1.82, 2.24) is 19.4 Å². The molecule has 1 unspecified atom stereocenters. The summed E-state index contributed by atoms with van der Waals surface area (Å²) in [5.41, 5.74) is -1.58. The number of carboxylic acid groups (broad SMARTS) is 1. The summed E-state index contributed by atoms with van der Waals surface area (Å²) in [4.78, 5) is 40.2. The summed E-state index contributed by atoms with van der Waals surface area (Å²) < 4.78 is 1.43. The first kappa shape index (κ1) is 23.4. The van der Waals surface area contributed by atoms with Crippen LogP contribution in [0.25, 0.3) is 0 Å². The first-order valence-corrected chi connectivity index (χ1v) is 10.4. The number of nitro groups is 2. The van der Waals surface area contributed by atoms with E-state index in [2.05, 4.69) is 4.98 Å². The lowest BCUT2D eigenvalue weighted by Gasteiger charge is -2.43. The molecule has 2 heterocycles. The summed E-state index contributed by atoms with van der Waals surface area (Å²) in [6, 6.07) is 5.95. The van der Waals surface area contributed by atoms with Crippen LogP contribution in [0.3, 0.4) is 0 Å². The van der Waals surface area contributed by atoms with Crippen LogP contribution in [0.2, 0.25) is 0 Å². The second-order valence-electron chi connectivity index (χ2n) is 7.71. The van der Waals surface area contributed by atoms with Crippen molar-refractivity contribution in [2.75, 3.05) is 26.2 Å². The standard InChI is InChI=1S/C18H22N6O7S/c1-18(2,27)15(20-7-9-21(10-8-20)17(25)26)22-11-14(24(30)31)19-16(22)32-13-6-4-3-5-12(13)23(28)29/h3-6,11,15,27H,7-10H2,1-2H3,(H,25,26). The second-order valence-corrected chi connectivity index (χ2v) is 8.71. The smallest absolute Gasteiger partial charge is 0.407 e. The fourth-order valence-corrected chi connectivity index (χ4v) is 4.60. The monoisotopic (exact) mass is 466 g/mol. The lowest BCUT2D eigenvalue weighted by molar-refractivity contribution is -0.389. The van der Waals surface area contributed by atoms with Gasteiger partial charge in [0, 0.05) is 32.2 Å². The fraction of sp³-hybridized carbons (Fsp3) is 0.444. The third kappa shape index (κ3) is 4.98. The Labute approximate surface area is 186 Å². The van der Waals surface area contributed by atoms with Crippen LogP contribution in [-0.2, 0) is 0 Å². The summed E-state index contributed by atoms with van der Waals surface area (Å²) in [5, 5.41) is 43.0. The topological polar surface area (TPSA) is 168 Å². The molecule has 0 bridgehead atoms. The summed E-state index contributed by atoms with van der Waals surface area (Å²) >= 11 is 0.885. The Morgan fingerprint density at radius 2 is 1.78 bits per heavy atom. The summed E-state index contributed by atoms with van der Waals surface area (Å²) in [5.74, 6) is -0.468. The van der Waals surface area contributed by atoms with Gasteiger partial charge in [-0.2, -0.15) is 0 Å². The van der Waals surface area contributed by atoms with Crippen molar-refractivity contribution < 1.29 is 24.9 Å². The van der Waals surface area contributed by atoms with Crippen LogP contribution in [0.5, 0.6) is 0 Å². The highest BCUT2D eigenvalue weighted by molar-refractivity contribution is 7.99. The van der Waals surface area contributed by atoms with Gasteiger partial charge in [-0.05, 0) is 41.6 Å². The quantitative estimate of drug-likeness (QED) is 0.456. The lowest BCUT2D eigenvalue weighted by Crippen LogP contribution is -2.54. The SMILES string of the molecule is CC(C)(O)C(N1CCN(C(=O)O)CC1)n1cc([N+](=O)[O-])nc1Sc1ccccc1[N+](=O)[O-]. The van der Waals surface area contributed by atoms with Crippen molar-refractivity contribution in [3.63, 3.8) is 0 Å². The van der Waals surface area contributed by atoms with Gasteiger partial charge in [0.2, 0.25) is 0 Å². The number of hydrogen-bond donors (Lipinski definition) is 2. The number of para-hydroxylation sites is 1. The average molecular weight is 466 g/mol. The number of carbonyl (C=O) groups is 1. The Kier molecular flexibility index (Phi) is 6.66. The van der Waals surface area contributed by atoms with Gasteiger partial charge in [-0.25, -0.2) is 4.79 Å². The summed E-state index contributed by atoms with van der Waals surface area (Å²) in [6.07, 6.45) is -0.691. The normalized spacial score (nSPS) is 16.0. The molecule has 1 atom stereocenters. The first-order chi connectivity index (χ1) is 15.0. The Morgan fingerprint density at radius 1 is 1.16 bits per heavy atom. The predicted octanol–water partition coefficient (Wildman–Crippen LogP) is 2.42. The number of benzene rings is 1. The van der Waals surface area contributed by atoms with E-state index in [9.17, 15) is 35.2 Å². The number of rotatable bonds is 7. The third-order valence-corrected chi connectivity index (χ3v) is 6.01.